The Morgan fingerprint density at radius 2 is 2.14 bits per heavy atom. The zero-order valence-electron chi connectivity index (χ0n) is 19.0. The fraction of sp³-hybridized carbons (Fsp3) is 0.217. The number of amides is 1. The molecule has 35 heavy (non-hydrogen) atoms. The van der Waals surface area contributed by atoms with Gasteiger partial charge < -0.3 is 13.9 Å². The first-order valence-corrected chi connectivity index (χ1v) is 10.9. The van der Waals surface area contributed by atoms with E-state index in [1.54, 1.807) is 38.1 Å². The molecule has 0 aliphatic rings. The van der Waals surface area contributed by atoms with Crippen molar-refractivity contribution in [2.24, 2.45) is 5.10 Å². The minimum absolute atomic E-state index is 0.00903. The molecule has 0 spiro atoms. The van der Waals surface area contributed by atoms with E-state index in [1.165, 1.54) is 19.4 Å². The van der Waals surface area contributed by atoms with Crippen molar-refractivity contribution in [2.75, 3.05) is 13.7 Å². The molecule has 11 nitrogen and oxygen atoms in total. The second-order valence-electron chi connectivity index (χ2n) is 7.28. The summed E-state index contributed by atoms with van der Waals surface area (Å²) in [5.41, 5.74) is 4.60. The van der Waals surface area contributed by atoms with Crippen molar-refractivity contribution in [3.63, 3.8) is 0 Å². The predicted molar refractivity (Wildman–Crippen MR) is 129 cm³/mol. The number of nitrogens with one attached hydrogen (secondary N) is 1. The number of hydrogen-bond acceptors (Lipinski definition) is 9. The highest BCUT2D eigenvalue weighted by atomic mass is 79.9. The van der Waals surface area contributed by atoms with Crippen LogP contribution in [0.15, 0.2) is 44.3 Å². The molecule has 180 valence electrons. The molecule has 3 aromatic rings. The number of aromatic nitrogens is 1. The molecule has 0 atom stereocenters. The highest BCUT2D eigenvalue weighted by molar-refractivity contribution is 9.10. The number of hydrogen-bond donors (Lipinski definition) is 1. The molecule has 0 bridgehead atoms. The van der Waals surface area contributed by atoms with Gasteiger partial charge in [-0.3, -0.25) is 14.9 Å². The zero-order chi connectivity index (χ0) is 25.5. The Labute approximate surface area is 208 Å². The number of hydrazone groups is 1. The van der Waals surface area contributed by atoms with E-state index in [1.807, 2.05) is 6.07 Å². The minimum Gasteiger partial charge on any atom is -0.467 e. The zero-order valence-corrected chi connectivity index (χ0v) is 20.6. The number of carbonyl (C=O) groups excluding carboxylic acids is 1. The average molecular weight is 542 g/mol. The van der Waals surface area contributed by atoms with Crippen LogP contribution in [0.2, 0.25) is 0 Å². The van der Waals surface area contributed by atoms with Crippen LogP contribution in [0.4, 0.5) is 5.69 Å². The van der Waals surface area contributed by atoms with Crippen LogP contribution in [0.5, 0.6) is 5.88 Å². The number of carbonyl (C=O) groups is 1. The smallest absolute Gasteiger partial charge is 0.280 e. The Kier molecular flexibility index (Phi) is 8.30. The number of methoxy groups -OCH3 is 1. The van der Waals surface area contributed by atoms with Gasteiger partial charge in [0.15, 0.2) is 6.61 Å². The molecule has 0 aliphatic carbocycles. The van der Waals surface area contributed by atoms with E-state index in [0.717, 1.165) is 5.56 Å². The summed E-state index contributed by atoms with van der Waals surface area (Å²) < 4.78 is 16.8. The maximum Gasteiger partial charge on any atom is 0.280 e. The quantitative estimate of drug-likeness (QED) is 0.240. The lowest BCUT2D eigenvalue weighted by Gasteiger charge is -2.13. The number of rotatable bonds is 9. The Morgan fingerprint density at radius 1 is 1.37 bits per heavy atom. The van der Waals surface area contributed by atoms with Crippen LogP contribution in [0.25, 0.3) is 11.3 Å². The van der Waals surface area contributed by atoms with Gasteiger partial charge in [0.2, 0.25) is 5.88 Å². The van der Waals surface area contributed by atoms with Gasteiger partial charge in [-0.1, -0.05) is 6.07 Å². The number of ether oxygens (including phenoxy) is 2. The molecular weight excluding hydrogens is 522 g/mol. The lowest BCUT2D eigenvalue weighted by Crippen LogP contribution is -2.25. The molecule has 0 saturated carbocycles. The number of nitro groups is 1. The lowest BCUT2D eigenvalue weighted by molar-refractivity contribution is -0.384. The third-order valence-electron chi connectivity index (χ3n) is 4.73. The van der Waals surface area contributed by atoms with Crippen LogP contribution in [-0.2, 0) is 16.1 Å². The van der Waals surface area contributed by atoms with Crippen LogP contribution in [0, 0.1) is 35.3 Å². The van der Waals surface area contributed by atoms with E-state index < -0.39 is 17.4 Å². The van der Waals surface area contributed by atoms with Gasteiger partial charge in [0.25, 0.3) is 11.6 Å². The third-order valence-corrected chi connectivity index (χ3v) is 5.78. The maximum atomic E-state index is 12.1. The van der Waals surface area contributed by atoms with Crippen molar-refractivity contribution in [2.45, 2.75) is 20.5 Å². The third kappa shape index (κ3) is 6.08. The van der Waals surface area contributed by atoms with Gasteiger partial charge in [-0.2, -0.15) is 10.4 Å². The van der Waals surface area contributed by atoms with Crippen LogP contribution < -0.4 is 10.2 Å². The van der Waals surface area contributed by atoms with E-state index in [2.05, 4.69) is 31.4 Å². The van der Waals surface area contributed by atoms with Crippen LogP contribution in [-0.4, -0.2) is 35.7 Å². The highest BCUT2D eigenvalue weighted by Gasteiger charge is 2.19. The summed E-state index contributed by atoms with van der Waals surface area (Å²) in [6.45, 7) is 3.21. The first kappa shape index (κ1) is 25.5. The summed E-state index contributed by atoms with van der Waals surface area (Å²) in [5.74, 6) is -0.0193. The molecular formula is C23H20BrN5O6. The van der Waals surface area contributed by atoms with Crippen molar-refractivity contribution in [3.05, 3.63) is 73.1 Å². The summed E-state index contributed by atoms with van der Waals surface area (Å²) >= 11 is 3.38. The van der Waals surface area contributed by atoms with Gasteiger partial charge in [0.1, 0.15) is 23.2 Å². The van der Waals surface area contributed by atoms with E-state index >= 15 is 0 Å². The summed E-state index contributed by atoms with van der Waals surface area (Å²) in [6, 6.07) is 9.98. The standard InChI is InChI=1S/C23H20BrN5O6/c1-13-4-6-16(19(8-13)29(31)32)20-7-5-15(35-20)10-26-28-21(30)12-34-23-17(9-25)18(11-33-3)22(24)14(2)27-23/h4-8,10H,11-12H2,1-3H3,(H,28,30)/b26-10+. The van der Waals surface area contributed by atoms with Crippen molar-refractivity contribution < 1.29 is 23.6 Å². The fourth-order valence-corrected chi connectivity index (χ4v) is 3.52. The molecule has 2 heterocycles. The monoisotopic (exact) mass is 541 g/mol. The first-order valence-electron chi connectivity index (χ1n) is 10.1. The van der Waals surface area contributed by atoms with E-state index in [9.17, 15) is 20.2 Å². The molecule has 0 saturated heterocycles. The minimum atomic E-state index is -0.596. The molecule has 2 aromatic heterocycles. The normalized spacial score (nSPS) is 10.8. The van der Waals surface area contributed by atoms with Gasteiger partial charge in [-0.15, -0.1) is 0 Å². The van der Waals surface area contributed by atoms with E-state index in [4.69, 9.17) is 13.9 Å². The number of benzene rings is 1. The number of pyridine rings is 1. The number of aryl methyl sites for hydroxylation is 2. The summed E-state index contributed by atoms with van der Waals surface area (Å²) in [7, 11) is 1.50. The molecule has 3 rings (SSSR count). The van der Waals surface area contributed by atoms with Gasteiger partial charge in [-0.25, -0.2) is 10.4 Å². The average Bonchev–Trinajstić information content (AvgIpc) is 3.29. The molecule has 12 heteroatoms. The number of furan rings is 1. The largest absolute Gasteiger partial charge is 0.467 e. The second kappa shape index (κ2) is 11.4. The first-order chi connectivity index (χ1) is 16.7. The van der Waals surface area contributed by atoms with Crippen LogP contribution >= 0.6 is 15.9 Å². The lowest BCUT2D eigenvalue weighted by atomic mass is 10.1. The van der Waals surface area contributed by atoms with Gasteiger partial charge in [-0.05, 0) is 53.5 Å². The fourth-order valence-electron chi connectivity index (χ4n) is 3.12. The molecule has 0 fully saturated rings. The Balaban J connectivity index is 1.65. The number of nitrogens with zero attached hydrogens (tertiary/aromatic N) is 4. The number of nitriles is 1. The Bertz CT molecular complexity index is 1340. The summed E-state index contributed by atoms with van der Waals surface area (Å²) in [5, 5.41) is 24.6. The van der Waals surface area contributed by atoms with Crippen molar-refractivity contribution in [3.8, 4) is 23.3 Å². The Hall–Kier alpha value is -4.08. The topological polar surface area (TPSA) is 153 Å². The van der Waals surface area contributed by atoms with Crippen molar-refractivity contribution in [1.82, 2.24) is 10.4 Å². The predicted octanol–water partition coefficient (Wildman–Crippen LogP) is 4.18. The highest BCUT2D eigenvalue weighted by Crippen LogP contribution is 2.32. The van der Waals surface area contributed by atoms with E-state index in [-0.39, 0.29) is 29.5 Å². The van der Waals surface area contributed by atoms with Crippen molar-refractivity contribution in [1.29, 1.82) is 5.26 Å². The number of halogens is 1. The number of nitro benzene ring substituents is 1. The summed E-state index contributed by atoms with van der Waals surface area (Å²) in [4.78, 5) is 27.2. The van der Waals surface area contributed by atoms with Crippen molar-refractivity contribution >= 4 is 33.7 Å². The van der Waals surface area contributed by atoms with Crippen LogP contribution in [0.3, 0.4) is 0 Å². The van der Waals surface area contributed by atoms with Gasteiger partial charge in [0, 0.05) is 23.2 Å². The van der Waals surface area contributed by atoms with E-state index in [0.29, 0.717) is 27.1 Å². The molecule has 0 radical (unpaired) electrons. The summed E-state index contributed by atoms with van der Waals surface area (Å²) in [6.07, 6.45) is 1.25. The molecule has 1 aromatic carbocycles. The SMILES string of the molecule is COCc1c(Br)c(C)nc(OCC(=O)N/N=C/c2ccc(-c3ccc(C)cc3[N+](=O)[O-])o2)c1C#N. The second-order valence-corrected chi connectivity index (χ2v) is 8.07. The molecule has 1 N–H and O–H groups in total. The molecule has 0 unspecified atom stereocenters. The van der Waals surface area contributed by atoms with Gasteiger partial charge >= 0.3 is 0 Å². The molecule has 1 amide bonds. The maximum absolute atomic E-state index is 12.1. The Morgan fingerprint density at radius 3 is 2.83 bits per heavy atom. The van der Waals surface area contributed by atoms with Crippen LogP contribution in [0.1, 0.15) is 28.1 Å². The molecule has 0 aliphatic heterocycles. The van der Waals surface area contributed by atoms with Gasteiger partial charge in [0.05, 0.1) is 29.0 Å².